The van der Waals surface area contributed by atoms with Gasteiger partial charge in [0.05, 0.1) is 0 Å². The van der Waals surface area contributed by atoms with Gasteiger partial charge in [0, 0.05) is 0 Å². The summed E-state index contributed by atoms with van der Waals surface area (Å²) >= 11 is 0. The zero-order valence-corrected chi connectivity index (χ0v) is 8.74. The van der Waals surface area contributed by atoms with Crippen molar-refractivity contribution in [3.8, 4) is 0 Å². The summed E-state index contributed by atoms with van der Waals surface area (Å²) in [6.07, 6.45) is -7.80. The monoisotopic (exact) mass is 275 g/mol. The fourth-order valence-electron chi connectivity index (χ4n) is 0.422. The van der Waals surface area contributed by atoms with Crippen molar-refractivity contribution in [2.45, 2.75) is 19.2 Å². The molecule has 0 aromatic rings. The molecule has 6 nitrogen and oxygen atoms in total. The number of halogens is 4. The molecule has 0 radical (unpaired) electrons. The van der Waals surface area contributed by atoms with Crippen molar-refractivity contribution >= 4 is 18.1 Å². The standard InChI is InChI=1S/C3H6F4NO5PS/c1-2(3(4,5)6)13-14(7,9)8-15(10,11)12/h2H,1H3,(H,8,9)(H,10,11,12). The molecule has 15 heavy (non-hydrogen) atoms. The smallest absolute Gasteiger partial charge is 0.280 e. The quantitative estimate of drug-likeness (QED) is 0.460. The predicted molar refractivity (Wildman–Crippen MR) is 40.0 cm³/mol. The van der Waals surface area contributed by atoms with E-state index in [0.717, 1.165) is 0 Å². The Bertz CT molecular complexity index is 365. The van der Waals surface area contributed by atoms with Gasteiger partial charge in [0.2, 0.25) is 0 Å². The number of rotatable bonds is 4. The van der Waals surface area contributed by atoms with Crippen LogP contribution >= 0.6 is 7.83 Å². The van der Waals surface area contributed by atoms with Crippen LogP contribution in [-0.2, 0) is 19.4 Å². The van der Waals surface area contributed by atoms with Crippen molar-refractivity contribution < 1.29 is 39.4 Å². The minimum Gasteiger partial charge on any atom is -0.280 e. The van der Waals surface area contributed by atoms with E-state index in [4.69, 9.17) is 4.55 Å². The van der Waals surface area contributed by atoms with Crippen LogP contribution in [0.25, 0.3) is 0 Å². The third kappa shape index (κ3) is 6.79. The Morgan fingerprint density at radius 3 is 2.13 bits per heavy atom. The predicted octanol–water partition coefficient (Wildman–Crippen LogP) is 1.42. The average molecular weight is 275 g/mol. The number of alkyl halides is 3. The third-order valence-electron chi connectivity index (χ3n) is 0.979. The molecule has 0 aromatic carbocycles. The second-order valence-corrected chi connectivity index (χ2v) is 5.19. The van der Waals surface area contributed by atoms with E-state index >= 15 is 0 Å². The van der Waals surface area contributed by atoms with Gasteiger partial charge in [-0.1, -0.05) is 4.49 Å². The molecule has 0 aliphatic rings. The molecule has 0 amide bonds. The third-order valence-corrected chi connectivity index (χ3v) is 3.36. The normalized spacial score (nSPS) is 19.6. The highest BCUT2D eigenvalue weighted by Crippen LogP contribution is 2.48. The van der Waals surface area contributed by atoms with E-state index in [9.17, 15) is 30.4 Å². The van der Waals surface area contributed by atoms with Crippen molar-refractivity contribution in [2.24, 2.45) is 0 Å². The zero-order chi connectivity index (χ0) is 12.5. The first-order chi connectivity index (χ1) is 6.33. The van der Waals surface area contributed by atoms with E-state index in [-0.39, 0.29) is 0 Å². The van der Waals surface area contributed by atoms with E-state index in [1.54, 1.807) is 0 Å². The van der Waals surface area contributed by atoms with Gasteiger partial charge in [-0.3, -0.25) is 9.08 Å². The first-order valence-electron chi connectivity index (χ1n) is 3.15. The molecule has 0 rings (SSSR count). The molecule has 0 saturated carbocycles. The Morgan fingerprint density at radius 1 is 1.47 bits per heavy atom. The van der Waals surface area contributed by atoms with Crippen LogP contribution < -0.4 is 4.49 Å². The van der Waals surface area contributed by atoms with Gasteiger partial charge in [-0.05, 0) is 6.92 Å². The molecule has 0 fully saturated rings. The lowest BCUT2D eigenvalue weighted by atomic mass is 10.4. The minimum absolute atomic E-state index is 0.317. The molecule has 12 heteroatoms. The molecule has 0 heterocycles. The molecule has 2 atom stereocenters. The minimum atomic E-state index is -5.77. The van der Waals surface area contributed by atoms with Crippen LogP contribution in [0.1, 0.15) is 6.92 Å². The first kappa shape index (κ1) is 14.8. The Labute approximate surface area is 82.1 Å². The van der Waals surface area contributed by atoms with Crippen molar-refractivity contribution in [3.63, 3.8) is 0 Å². The fourth-order valence-corrected chi connectivity index (χ4v) is 2.22. The van der Waals surface area contributed by atoms with Gasteiger partial charge in [-0.25, -0.2) is 4.57 Å². The number of hydrogen-bond donors (Lipinski definition) is 2. The van der Waals surface area contributed by atoms with Crippen molar-refractivity contribution in [2.75, 3.05) is 0 Å². The highest BCUT2D eigenvalue weighted by molar-refractivity contribution is 7.89. The summed E-state index contributed by atoms with van der Waals surface area (Å²) in [7, 11) is -11.0. The van der Waals surface area contributed by atoms with Gasteiger partial charge in [0.1, 0.15) is 0 Å². The van der Waals surface area contributed by atoms with E-state index < -0.39 is 30.4 Å². The molecular weight excluding hydrogens is 269 g/mol. The van der Waals surface area contributed by atoms with Crippen molar-refractivity contribution in [1.82, 2.24) is 4.49 Å². The van der Waals surface area contributed by atoms with Crippen molar-refractivity contribution in [3.05, 3.63) is 0 Å². The van der Waals surface area contributed by atoms with E-state index in [1.807, 2.05) is 0 Å². The summed E-state index contributed by atoms with van der Waals surface area (Å²) in [6.45, 7) is 0.317. The van der Waals surface area contributed by atoms with E-state index in [0.29, 0.717) is 11.4 Å². The number of nitrogens with one attached hydrogen (secondary N) is 1. The van der Waals surface area contributed by atoms with Gasteiger partial charge in [0.15, 0.2) is 6.10 Å². The molecule has 0 aromatic heterocycles. The molecule has 2 unspecified atom stereocenters. The van der Waals surface area contributed by atoms with Crippen LogP contribution in [0, 0.1) is 0 Å². The second-order valence-electron chi connectivity index (χ2n) is 2.34. The highest BCUT2D eigenvalue weighted by atomic mass is 32.2. The van der Waals surface area contributed by atoms with Gasteiger partial charge < -0.3 is 0 Å². The fraction of sp³-hybridized carbons (Fsp3) is 1.00. The SMILES string of the molecule is CC(OP(=O)(F)NS(=O)(=O)O)C(F)(F)F. The molecule has 0 bridgehead atoms. The molecule has 92 valence electrons. The lowest BCUT2D eigenvalue weighted by molar-refractivity contribution is -0.190. The molecule has 0 aliphatic heterocycles. The summed E-state index contributed by atoms with van der Waals surface area (Å²) in [5.41, 5.74) is 0. The Kier molecular flexibility index (Phi) is 4.27. The molecule has 0 saturated heterocycles. The Hall–Kier alpha value is -0.220. The lowest BCUT2D eigenvalue weighted by Crippen LogP contribution is -2.30. The lowest BCUT2D eigenvalue weighted by Gasteiger charge is -2.17. The molecule has 0 aliphatic carbocycles. The molecule has 0 spiro atoms. The van der Waals surface area contributed by atoms with Crippen LogP contribution in [0.15, 0.2) is 0 Å². The van der Waals surface area contributed by atoms with Gasteiger partial charge in [-0.15, -0.1) is 4.20 Å². The summed E-state index contributed by atoms with van der Waals surface area (Å²) in [6, 6.07) is 0. The van der Waals surface area contributed by atoms with Crippen LogP contribution in [0.3, 0.4) is 0 Å². The van der Waals surface area contributed by atoms with E-state index in [1.165, 1.54) is 0 Å². The van der Waals surface area contributed by atoms with E-state index in [2.05, 4.69) is 4.52 Å². The summed E-state index contributed by atoms with van der Waals surface area (Å²) in [4.78, 5) is 0. The van der Waals surface area contributed by atoms with Crippen molar-refractivity contribution in [1.29, 1.82) is 0 Å². The topological polar surface area (TPSA) is 92.7 Å². The van der Waals surface area contributed by atoms with Gasteiger partial charge >= 0.3 is 24.3 Å². The second kappa shape index (κ2) is 4.34. The maximum Gasteiger partial charge on any atom is 0.458 e. The summed E-state index contributed by atoms with van der Waals surface area (Å²) in [5.74, 6) is 0. The van der Waals surface area contributed by atoms with Crippen LogP contribution in [0.4, 0.5) is 17.4 Å². The first-order valence-corrected chi connectivity index (χ1v) is 6.10. The maximum atomic E-state index is 12.6. The van der Waals surface area contributed by atoms with Crippen LogP contribution in [0.2, 0.25) is 0 Å². The Morgan fingerprint density at radius 2 is 1.87 bits per heavy atom. The molecular formula is C3H6F4NO5PS. The maximum absolute atomic E-state index is 12.6. The summed E-state index contributed by atoms with van der Waals surface area (Å²) in [5, 5.41) is 0. The average Bonchev–Trinajstić information content (AvgIpc) is 1.76. The van der Waals surface area contributed by atoms with Gasteiger partial charge in [-0.2, -0.15) is 21.6 Å². The highest BCUT2D eigenvalue weighted by Gasteiger charge is 2.43. The number of hydrogen-bond acceptors (Lipinski definition) is 4. The molecule has 2 N–H and O–H groups in total. The zero-order valence-electron chi connectivity index (χ0n) is 7.02. The summed E-state index contributed by atoms with van der Waals surface area (Å²) < 4.78 is 89.8. The van der Waals surface area contributed by atoms with Gasteiger partial charge in [0.25, 0.3) is 0 Å². The Balaban J connectivity index is 4.60. The largest absolute Gasteiger partial charge is 0.458 e. The van der Waals surface area contributed by atoms with Crippen LogP contribution in [0.5, 0.6) is 0 Å². The van der Waals surface area contributed by atoms with Crippen LogP contribution in [-0.4, -0.2) is 25.3 Å².